The number of nitrogen functional groups attached to an aromatic ring is 1. The fraction of sp³-hybridized carbons (Fsp3) is 0.333. The van der Waals surface area contributed by atoms with E-state index in [0.29, 0.717) is 0 Å². The highest BCUT2D eigenvalue weighted by atomic mass is 16.5. The van der Waals surface area contributed by atoms with Crippen molar-refractivity contribution >= 4 is 11.8 Å². The Morgan fingerprint density at radius 1 is 1.29 bits per heavy atom. The summed E-state index contributed by atoms with van der Waals surface area (Å²) in [5.74, 6) is 0.914. The molecule has 1 aromatic rings. The maximum atomic E-state index is 5.87. The summed E-state index contributed by atoms with van der Waals surface area (Å²) in [5, 5.41) is 0. The molecular weight excluding hydrogens is 174 g/mol. The zero-order valence-electron chi connectivity index (χ0n) is 8.79. The van der Waals surface area contributed by atoms with Gasteiger partial charge in [0, 0.05) is 11.3 Å². The maximum absolute atomic E-state index is 5.87. The first-order valence-electron chi connectivity index (χ1n) is 4.77. The number of rotatable bonds is 0. The Labute approximate surface area is 84.4 Å². The summed E-state index contributed by atoms with van der Waals surface area (Å²) < 4.78 is 5.86. The van der Waals surface area contributed by atoms with Crippen LogP contribution in [0.5, 0.6) is 5.75 Å². The highest BCUT2D eigenvalue weighted by Gasteiger charge is 2.23. The van der Waals surface area contributed by atoms with Crippen molar-refractivity contribution in [2.24, 2.45) is 0 Å². The van der Waals surface area contributed by atoms with Crippen LogP contribution in [0.3, 0.4) is 0 Å². The van der Waals surface area contributed by atoms with Crippen molar-refractivity contribution in [3.05, 3.63) is 29.3 Å². The summed E-state index contributed by atoms with van der Waals surface area (Å²) in [6, 6.07) is 3.91. The van der Waals surface area contributed by atoms with Crippen LogP contribution in [0.25, 0.3) is 6.08 Å². The first-order chi connectivity index (χ1) is 6.49. The minimum Gasteiger partial charge on any atom is -0.483 e. The molecule has 0 spiro atoms. The molecule has 0 aromatic heterocycles. The molecule has 1 aliphatic heterocycles. The largest absolute Gasteiger partial charge is 0.483 e. The first-order valence-corrected chi connectivity index (χ1v) is 4.77. The predicted octanol–water partition coefficient (Wildman–Crippen LogP) is 2.76. The minimum absolute atomic E-state index is 0.231. The van der Waals surface area contributed by atoms with E-state index < -0.39 is 0 Å². The van der Waals surface area contributed by atoms with Crippen LogP contribution in [-0.4, -0.2) is 5.60 Å². The molecule has 2 nitrogen and oxygen atoms in total. The molecule has 2 heteroatoms. The van der Waals surface area contributed by atoms with Crippen LogP contribution in [0.15, 0.2) is 18.2 Å². The normalized spacial score (nSPS) is 17.4. The summed E-state index contributed by atoms with van der Waals surface area (Å²) in [4.78, 5) is 0. The topological polar surface area (TPSA) is 35.2 Å². The van der Waals surface area contributed by atoms with Crippen LogP contribution in [0.2, 0.25) is 0 Å². The molecule has 0 atom stereocenters. The minimum atomic E-state index is -0.231. The Bertz CT molecular complexity index is 405. The lowest BCUT2D eigenvalue weighted by molar-refractivity contribution is 0.158. The molecule has 2 N–H and O–H groups in total. The SMILES string of the molecule is Cc1ccc(N)c2c1OC(C)(C)C=C2. The van der Waals surface area contributed by atoms with Gasteiger partial charge in [-0.15, -0.1) is 0 Å². The van der Waals surface area contributed by atoms with E-state index in [-0.39, 0.29) is 5.60 Å². The number of hydrogen-bond acceptors (Lipinski definition) is 2. The van der Waals surface area contributed by atoms with Gasteiger partial charge in [-0.3, -0.25) is 0 Å². The van der Waals surface area contributed by atoms with Crippen LogP contribution < -0.4 is 10.5 Å². The average Bonchev–Trinajstić information content (AvgIpc) is 2.10. The van der Waals surface area contributed by atoms with E-state index in [9.17, 15) is 0 Å². The highest BCUT2D eigenvalue weighted by molar-refractivity contribution is 5.74. The van der Waals surface area contributed by atoms with Gasteiger partial charge >= 0.3 is 0 Å². The highest BCUT2D eigenvalue weighted by Crippen LogP contribution is 2.36. The van der Waals surface area contributed by atoms with Gasteiger partial charge in [0.25, 0.3) is 0 Å². The number of benzene rings is 1. The smallest absolute Gasteiger partial charge is 0.132 e. The van der Waals surface area contributed by atoms with Crippen molar-refractivity contribution < 1.29 is 4.74 Å². The second-order valence-electron chi connectivity index (χ2n) is 4.25. The van der Waals surface area contributed by atoms with Crippen molar-refractivity contribution in [2.75, 3.05) is 5.73 Å². The molecule has 0 saturated heterocycles. The lowest BCUT2D eigenvalue weighted by Gasteiger charge is -2.29. The third-order valence-electron chi connectivity index (χ3n) is 2.44. The Hall–Kier alpha value is -1.44. The molecule has 14 heavy (non-hydrogen) atoms. The standard InChI is InChI=1S/C12H15NO/c1-8-4-5-10(13)9-6-7-12(2,3)14-11(8)9/h4-7H,13H2,1-3H3. The fourth-order valence-corrected chi connectivity index (χ4v) is 1.61. The van der Waals surface area contributed by atoms with E-state index >= 15 is 0 Å². The second-order valence-corrected chi connectivity index (χ2v) is 4.25. The van der Waals surface area contributed by atoms with Gasteiger partial charge in [0.15, 0.2) is 0 Å². The zero-order valence-corrected chi connectivity index (χ0v) is 8.79. The van der Waals surface area contributed by atoms with Crippen molar-refractivity contribution in [1.82, 2.24) is 0 Å². The zero-order chi connectivity index (χ0) is 10.3. The number of hydrogen-bond donors (Lipinski definition) is 1. The van der Waals surface area contributed by atoms with Crippen LogP contribution in [0, 0.1) is 6.92 Å². The van der Waals surface area contributed by atoms with Gasteiger partial charge in [-0.2, -0.15) is 0 Å². The van der Waals surface area contributed by atoms with E-state index in [1.54, 1.807) is 0 Å². The van der Waals surface area contributed by atoms with Crippen LogP contribution in [0.4, 0.5) is 5.69 Å². The Morgan fingerprint density at radius 2 is 2.00 bits per heavy atom. The van der Waals surface area contributed by atoms with E-state index in [2.05, 4.69) is 0 Å². The van der Waals surface area contributed by atoms with Gasteiger partial charge in [-0.05, 0) is 44.6 Å². The summed E-state index contributed by atoms with van der Waals surface area (Å²) in [7, 11) is 0. The summed E-state index contributed by atoms with van der Waals surface area (Å²) in [6.45, 7) is 6.11. The van der Waals surface area contributed by atoms with Gasteiger partial charge in [0.1, 0.15) is 11.4 Å². The molecule has 0 amide bonds. The van der Waals surface area contributed by atoms with Gasteiger partial charge in [-0.25, -0.2) is 0 Å². The molecule has 0 saturated carbocycles. The lowest BCUT2D eigenvalue weighted by Crippen LogP contribution is -2.28. The molecule has 1 aliphatic rings. The number of fused-ring (bicyclic) bond motifs is 1. The molecule has 0 aliphatic carbocycles. The molecule has 0 unspecified atom stereocenters. The van der Waals surface area contributed by atoms with Crippen LogP contribution in [0.1, 0.15) is 25.0 Å². The molecule has 0 radical (unpaired) electrons. The van der Waals surface area contributed by atoms with Gasteiger partial charge in [0.2, 0.25) is 0 Å². The molecule has 1 aromatic carbocycles. The molecule has 0 fully saturated rings. The van der Waals surface area contributed by atoms with Crippen molar-refractivity contribution in [3.63, 3.8) is 0 Å². The Kier molecular flexibility index (Phi) is 1.81. The summed E-state index contributed by atoms with van der Waals surface area (Å²) >= 11 is 0. The summed E-state index contributed by atoms with van der Waals surface area (Å²) in [6.07, 6.45) is 4.08. The number of ether oxygens (including phenoxy) is 1. The van der Waals surface area contributed by atoms with Crippen LogP contribution >= 0.6 is 0 Å². The maximum Gasteiger partial charge on any atom is 0.132 e. The number of nitrogens with two attached hydrogens (primary N) is 1. The molecule has 0 bridgehead atoms. The molecule has 2 rings (SSSR count). The molecular formula is C12H15NO. The van der Waals surface area contributed by atoms with Crippen LogP contribution in [-0.2, 0) is 0 Å². The van der Waals surface area contributed by atoms with E-state index in [0.717, 1.165) is 22.6 Å². The Morgan fingerprint density at radius 3 is 2.71 bits per heavy atom. The van der Waals surface area contributed by atoms with Crippen molar-refractivity contribution in [1.29, 1.82) is 0 Å². The fourth-order valence-electron chi connectivity index (χ4n) is 1.61. The molecule has 1 heterocycles. The lowest BCUT2D eigenvalue weighted by atomic mass is 9.99. The van der Waals surface area contributed by atoms with E-state index in [1.165, 1.54) is 0 Å². The Balaban J connectivity index is 2.60. The monoisotopic (exact) mass is 189 g/mol. The van der Waals surface area contributed by atoms with Crippen molar-refractivity contribution in [3.8, 4) is 5.75 Å². The van der Waals surface area contributed by atoms with Gasteiger partial charge in [-0.1, -0.05) is 6.07 Å². The summed E-state index contributed by atoms with van der Waals surface area (Å²) in [5.41, 5.74) is 8.55. The third-order valence-corrected chi connectivity index (χ3v) is 2.44. The first kappa shape index (κ1) is 9.13. The predicted molar refractivity (Wildman–Crippen MR) is 59.3 cm³/mol. The second kappa shape index (κ2) is 2.77. The van der Waals surface area contributed by atoms with Gasteiger partial charge in [0.05, 0.1) is 0 Å². The molecule has 74 valence electrons. The van der Waals surface area contributed by atoms with Gasteiger partial charge < -0.3 is 10.5 Å². The average molecular weight is 189 g/mol. The van der Waals surface area contributed by atoms with E-state index in [1.807, 2.05) is 45.1 Å². The van der Waals surface area contributed by atoms with E-state index in [4.69, 9.17) is 10.5 Å². The number of anilines is 1. The third kappa shape index (κ3) is 1.37. The quantitative estimate of drug-likeness (QED) is 0.637. The number of aryl methyl sites for hydroxylation is 1. The van der Waals surface area contributed by atoms with Crippen molar-refractivity contribution in [2.45, 2.75) is 26.4 Å².